The fraction of sp³-hybridized carbons (Fsp3) is 0.273. The van der Waals surface area contributed by atoms with Gasteiger partial charge in [0.15, 0.2) is 5.78 Å². The SMILES string of the molecule is CC(Br)C(=O)CNC(=O)c1ccccc1. The quantitative estimate of drug-likeness (QED) is 0.847. The molecule has 1 aromatic carbocycles. The van der Waals surface area contributed by atoms with E-state index >= 15 is 0 Å². The number of hydrogen-bond donors (Lipinski definition) is 1. The number of rotatable bonds is 4. The molecule has 15 heavy (non-hydrogen) atoms. The summed E-state index contributed by atoms with van der Waals surface area (Å²) in [4.78, 5) is 22.5. The van der Waals surface area contributed by atoms with E-state index in [0.717, 1.165) is 0 Å². The van der Waals surface area contributed by atoms with Crippen LogP contribution in [0.2, 0.25) is 0 Å². The van der Waals surface area contributed by atoms with Gasteiger partial charge in [0, 0.05) is 5.56 Å². The molecular formula is C11H12BrNO2. The van der Waals surface area contributed by atoms with Crippen molar-refractivity contribution in [2.75, 3.05) is 6.54 Å². The summed E-state index contributed by atoms with van der Waals surface area (Å²) in [7, 11) is 0. The normalized spacial score (nSPS) is 11.9. The summed E-state index contributed by atoms with van der Waals surface area (Å²) in [5, 5.41) is 2.56. The maximum absolute atomic E-state index is 11.5. The number of carbonyl (C=O) groups excluding carboxylic acids is 2. The third kappa shape index (κ3) is 3.83. The molecule has 0 aromatic heterocycles. The molecule has 1 rings (SSSR count). The van der Waals surface area contributed by atoms with Crippen LogP contribution in [0.25, 0.3) is 0 Å². The average molecular weight is 270 g/mol. The molecule has 4 heteroatoms. The monoisotopic (exact) mass is 269 g/mol. The molecule has 1 N–H and O–H groups in total. The van der Waals surface area contributed by atoms with E-state index in [1.165, 1.54) is 0 Å². The Morgan fingerprint density at radius 1 is 1.33 bits per heavy atom. The van der Waals surface area contributed by atoms with Crippen molar-refractivity contribution in [1.82, 2.24) is 5.32 Å². The van der Waals surface area contributed by atoms with Crippen molar-refractivity contribution in [3.63, 3.8) is 0 Å². The summed E-state index contributed by atoms with van der Waals surface area (Å²) in [6, 6.07) is 8.81. The van der Waals surface area contributed by atoms with Crippen LogP contribution in [-0.4, -0.2) is 23.1 Å². The predicted octanol–water partition coefficient (Wildman–Crippen LogP) is 1.77. The lowest BCUT2D eigenvalue weighted by Crippen LogP contribution is -2.32. The number of benzene rings is 1. The van der Waals surface area contributed by atoms with Crippen molar-refractivity contribution in [2.24, 2.45) is 0 Å². The molecule has 0 fully saturated rings. The summed E-state index contributed by atoms with van der Waals surface area (Å²) in [5.41, 5.74) is 0.563. The Morgan fingerprint density at radius 2 is 1.93 bits per heavy atom. The lowest BCUT2D eigenvalue weighted by atomic mass is 10.2. The molecule has 0 heterocycles. The molecule has 1 amide bonds. The highest BCUT2D eigenvalue weighted by molar-refractivity contribution is 9.10. The molecule has 1 unspecified atom stereocenters. The average Bonchev–Trinajstić information content (AvgIpc) is 2.26. The standard InChI is InChI=1S/C11H12BrNO2/c1-8(12)10(14)7-13-11(15)9-5-3-2-4-6-9/h2-6,8H,7H2,1H3,(H,13,15). The highest BCUT2D eigenvalue weighted by Crippen LogP contribution is 2.00. The van der Waals surface area contributed by atoms with Crippen LogP contribution in [0.4, 0.5) is 0 Å². The number of carbonyl (C=O) groups is 2. The molecule has 0 saturated carbocycles. The number of halogens is 1. The molecule has 0 radical (unpaired) electrons. The maximum Gasteiger partial charge on any atom is 0.251 e. The minimum absolute atomic E-state index is 0.0423. The van der Waals surface area contributed by atoms with Crippen molar-refractivity contribution in [2.45, 2.75) is 11.8 Å². The zero-order valence-electron chi connectivity index (χ0n) is 8.37. The first-order valence-electron chi connectivity index (χ1n) is 4.61. The van der Waals surface area contributed by atoms with E-state index in [9.17, 15) is 9.59 Å². The molecule has 0 aliphatic rings. The number of nitrogens with one attached hydrogen (secondary N) is 1. The van der Waals surface area contributed by atoms with E-state index in [4.69, 9.17) is 0 Å². The van der Waals surface area contributed by atoms with Gasteiger partial charge in [-0.3, -0.25) is 9.59 Å². The van der Waals surface area contributed by atoms with Crippen LogP contribution < -0.4 is 5.32 Å². The summed E-state index contributed by atoms with van der Waals surface area (Å²) in [5.74, 6) is -0.267. The van der Waals surface area contributed by atoms with Crippen molar-refractivity contribution in [3.8, 4) is 0 Å². The first-order chi connectivity index (χ1) is 7.11. The Balaban J connectivity index is 2.48. The van der Waals surface area contributed by atoms with Gasteiger partial charge in [0.25, 0.3) is 5.91 Å². The maximum atomic E-state index is 11.5. The topological polar surface area (TPSA) is 46.2 Å². The Kier molecular flexibility index (Phi) is 4.49. The second-order valence-electron chi connectivity index (χ2n) is 3.13. The molecule has 0 aliphatic heterocycles. The molecular weight excluding hydrogens is 258 g/mol. The largest absolute Gasteiger partial charge is 0.345 e. The summed E-state index contributed by atoms with van der Waals surface area (Å²) < 4.78 is 0. The van der Waals surface area contributed by atoms with Crippen LogP contribution in [0.5, 0.6) is 0 Å². The first kappa shape index (κ1) is 11.9. The Morgan fingerprint density at radius 3 is 2.47 bits per heavy atom. The van der Waals surface area contributed by atoms with E-state index in [1.54, 1.807) is 31.2 Å². The number of hydrogen-bond acceptors (Lipinski definition) is 2. The smallest absolute Gasteiger partial charge is 0.251 e. The van der Waals surface area contributed by atoms with E-state index in [1.807, 2.05) is 6.07 Å². The summed E-state index contributed by atoms with van der Waals surface area (Å²) >= 11 is 3.15. The van der Waals surface area contributed by atoms with Gasteiger partial charge in [0.1, 0.15) is 0 Å². The van der Waals surface area contributed by atoms with Crippen molar-refractivity contribution in [1.29, 1.82) is 0 Å². The predicted molar refractivity (Wildman–Crippen MR) is 62.2 cm³/mol. The van der Waals surface area contributed by atoms with E-state index in [0.29, 0.717) is 5.56 Å². The number of alkyl halides is 1. The lowest BCUT2D eigenvalue weighted by Gasteiger charge is -2.05. The fourth-order valence-corrected chi connectivity index (χ4v) is 1.16. The molecule has 1 aromatic rings. The third-order valence-electron chi connectivity index (χ3n) is 1.90. The molecule has 0 saturated heterocycles. The Hall–Kier alpha value is -1.16. The van der Waals surface area contributed by atoms with Gasteiger partial charge in [-0.25, -0.2) is 0 Å². The fourth-order valence-electron chi connectivity index (χ4n) is 1.000. The lowest BCUT2D eigenvalue weighted by molar-refractivity contribution is -0.117. The second kappa shape index (κ2) is 5.66. The van der Waals surface area contributed by atoms with Crippen LogP contribution in [0.3, 0.4) is 0 Å². The zero-order valence-corrected chi connectivity index (χ0v) is 9.95. The zero-order chi connectivity index (χ0) is 11.3. The minimum Gasteiger partial charge on any atom is -0.345 e. The highest BCUT2D eigenvalue weighted by atomic mass is 79.9. The van der Waals surface area contributed by atoms with Gasteiger partial charge in [0.2, 0.25) is 0 Å². The van der Waals surface area contributed by atoms with Crippen LogP contribution in [0, 0.1) is 0 Å². The van der Waals surface area contributed by atoms with Gasteiger partial charge >= 0.3 is 0 Å². The van der Waals surface area contributed by atoms with Crippen molar-refractivity contribution >= 4 is 27.6 Å². The number of Topliss-reactive ketones (excluding diaryl/α,β-unsaturated/α-hetero) is 1. The van der Waals surface area contributed by atoms with Gasteiger partial charge in [-0.15, -0.1) is 0 Å². The third-order valence-corrected chi connectivity index (χ3v) is 2.41. The molecule has 0 aliphatic carbocycles. The van der Waals surface area contributed by atoms with Gasteiger partial charge in [-0.05, 0) is 19.1 Å². The minimum atomic E-state index is -0.228. The Labute approximate surface area is 97.0 Å². The van der Waals surface area contributed by atoms with Crippen molar-refractivity contribution in [3.05, 3.63) is 35.9 Å². The molecule has 80 valence electrons. The highest BCUT2D eigenvalue weighted by Gasteiger charge is 2.10. The van der Waals surface area contributed by atoms with Gasteiger partial charge < -0.3 is 5.32 Å². The van der Waals surface area contributed by atoms with Crippen LogP contribution >= 0.6 is 15.9 Å². The summed E-state index contributed by atoms with van der Waals surface area (Å²) in [6.45, 7) is 1.79. The van der Waals surface area contributed by atoms with Crippen LogP contribution in [-0.2, 0) is 4.79 Å². The molecule has 1 atom stereocenters. The first-order valence-corrected chi connectivity index (χ1v) is 5.53. The summed E-state index contributed by atoms with van der Waals surface area (Å²) in [6.07, 6.45) is 0. The number of amides is 1. The van der Waals surface area contributed by atoms with Gasteiger partial charge in [0.05, 0.1) is 11.4 Å². The van der Waals surface area contributed by atoms with Crippen molar-refractivity contribution < 1.29 is 9.59 Å². The van der Waals surface area contributed by atoms with E-state index in [2.05, 4.69) is 21.2 Å². The molecule has 0 bridgehead atoms. The Bertz CT molecular complexity index is 349. The van der Waals surface area contributed by atoms with Crippen LogP contribution in [0.1, 0.15) is 17.3 Å². The number of ketones is 1. The van der Waals surface area contributed by atoms with Crippen LogP contribution in [0.15, 0.2) is 30.3 Å². The van der Waals surface area contributed by atoms with E-state index in [-0.39, 0.29) is 23.1 Å². The second-order valence-corrected chi connectivity index (χ2v) is 4.50. The van der Waals surface area contributed by atoms with E-state index < -0.39 is 0 Å². The van der Waals surface area contributed by atoms with Gasteiger partial charge in [-0.2, -0.15) is 0 Å². The van der Waals surface area contributed by atoms with Gasteiger partial charge in [-0.1, -0.05) is 34.1 Å². The molecule has 0 spiro atoms. The molecule has 3 nitrogen and oxygen atoms in total.